The fourth-order valence-electron chi connectivity index (χ4n) is 3.39. The summed E-state index contributed by atoms with van der Waals surface area (Å²) >= 11 is 0. The molecule has 0 aliphatic carbocycles. The Balaban J connectivity index is 2.25. The molecule has 0 bridgehead atoms. The number of nitro groups is 1. The van der Waals surface area contributed by atoms with Gasteiger partial charge in [0.2, 0.25) is 5.91 Å². The molecule has 3 rings (SSSR count). The maximum absolute atomic E-state index is 12.3. The number of ether oxygens (including phenoxy) is 4. The molecule has 148 valence electrons. The summed E-state index contributed by atoms with van der Waals surface area (Å²) in [7, 11) is 5.84. The third-order valence-electron chi connectivity index (χ3n) is 4.70. The molecule has 1 aliphatic rings. The van der Waals surface area contributed by atoms with E-state index in [4.69, 9.17) is 18.9 Å². The monoisotopic (exact) mass is 388 g/mol. The van der Waals surface area contributed by atoms with Gasteiger partial charge in [0.15, 0.2) is 23.0 Å². The first-order chi connectivity index (χ1) is 13.4. The van der Waals surface area contributed by atoms with Crippen LogP contribution in [-0.4, -0.2) is 39.3 Å². The van der Waals surface area contributed by atoms with Crippen LogP contribution in [0.1, 0.15) is 23.5 Å². The molecule has 0 saturated heterocycles. The first kappa shape index (κ1) is 19.3. The SMILES string of the molecule is COc1cc2c(cc1OC)C(c1cc(OC)c(OC)cc1[N+](=O)[O-])CC(=O)N2. The highest BCUT2D eigenvalue weighted by Gasteiger charge is 2.34. The summed E-state index contributed by atoms with van der Waals surface area (Å²) in [5.74, 6) is 0.675. The second kappa shape index (κ2) is 7.63. The number of nitrogens with one attached hydrogen (secondary N) is 1. The molecular formula is C19H20N2O7. The van der Waals surface area contributed by atoms with Gasteiger partial charge in [-0.2, -0.15) is 0 Å². The first-order valence-corrected chi connectivity index (χ1v) is 8.39. The summed E-state index contributed by atoms with van der Waals surface area (Å²) in [6.07, 6.45) is 0.0405. The van der Waals surface area contributed by atoms with Crippen molar-refractivity contribution < 1.29 is 28.7 Å². The van der Waals surface area contributed by atoms with Crippen molar-refractivity contribution in [2.24, 2.45) is 0 Å². The Morgan fingerprint density at radius 2 is 1.39 bits per heavy atom. The lowest BCUT2D eigenvalue weighted by atomic mass is 9.83. The van der Waals surface area contributed by atoms with Gasteiger partial charge in [0.25, 0.3) is 5.69 Å². The molecule has 0 saturated carbocycles. The number of nitrogens with zero attached hydrogens (tertiary/aromatic N) is 1. The second-order valence-electron chi connectivity index (χ2n) is 6.12. The van der Waals surface area contributed by atoms with Gasteiger partial charge in [0, 0.05) is 29.7 Å². The summed E-state index contributed by atoms with van der Waals surface area (Å²) in [6.45, 7) is 0. The molecule has 1 atom stereocenters. The molecule has 1 N–H and O–H groups in total. The lowest BCUT2D eigenvalue weighted by Crippen LogP contribution is -2.24. The number of carbonyl (C=O) groups excluding carboxylic acids is 1. The molecule has 2 aromatic rings. The number of methoxy groups -OCH3 is 4. The number of fused-ring (bicyclic) bond motifs is 1. The lowest BCUT2D eigenvalue weighted by Gasteiger charge is -2.27. The summed E-state index contributed by atoms with van der Waals surface area (Å²) in [4.78, 5) is 23.5. The van der Waals surface area contributed by atoms with E-state index >= 15 is 0 Å². The predicted octanol–water partition coefficient (Wildman–Crippen LogP) is 3.10. The highest BCUT2D eigenvalue weighted by Crippen LogP contribution is 2.47. The number of anilines is 1. The smallest absolute Gasteiger partial charge is 0.277 e. The Morgan fingerprint density at radius 3 is 1.93 bits per heavy atom. The zero-order valence-electron chi connectivity index (χ0n) is 15.9. The standard InChI is InChI=1S/C19H20N2O7/c1-25-15-5-11-10(7-19(22)20-13(11)8-17(15)27-3)12-6-16(26-2)18(28-4)9-14(12)21(23)24/h5-6,8-10H,7H2,1-4H3,(H,20,22). The molecule has 9 heteroatoms. The fourth-order valence-corrected chi connectivity index (χ4v) is 3.39. The van der Waals surface area contributed by atoms with Gasteiger partial charge in [-0.25, -0.2) is 0 Å². The Hall–Kier alpha value is -3.49. The van der Waals surface area contributed by atoms with Gasteiger partial charge in [0.05, 0.1) is 39.4 Å². The maximum atomic E-state index is 12.3. The topological polar surface area (TPSA) is 109 Å². The van der Waals surface area contributed by atoms with Crippen LogP contribution in [0.2, 0.25) is 0 Å². The summed E-state index contributed by atoms with van der Waals surface area (Å²) in [6, 6.07) is 6.21. The van der Waals surface area contributed by atoms with Crippen molar-refractivity contribution in [1.29, 1.82) is 0 Å². The van der Waals surface area contributed by atoms with E-state index in [0.29, 0.717) is 34.1 Å². The number of carbonyl (C=O) groups is 1. The molecule has 1 aliphatic heterocycles. The van der Waals surface area contributed by atoms with Gasteiger partial charge in [0.1, 0.15) is 0 Å². The van der Waals surface area contributed by atoms with Gasteiger partial charge in [-0.05, 0) is 17.7 Å². The Bertz CT molecular complexity index is 942. The van der Waals surface area contributed by atoms with E-state index in [0.717, 1.165) is 0 Å². The van der Waals surface area contributed by atoms with E-state index in [9.17, 15) is 14.9 Å². The van der Waals surface area contributed by atoms with Crippen LogP contribution in [0.25, 0.3) is 0 Å². The van der Waals surface area contributed by atoms with Gasteiger partial charge < -0.3 is 24.3 Å². The van der Waals surface area contributed by atoms with Crippen molar-refractivity contribution in [3.8, 4) is 23.0 Å². The third-order valence-corrected chi connectivity index (χ3v) is 4.70. The van der Waals surface area contributed by atoms with E-state index < -0.39 is 10.8 Å². The van der Waals surface area contributed by atoms with Crippen LogP contribution in [0.3, 0.4) is 0 Å². The van der Waals surface area contributed by atoms with E-state index in [1.54, 1.807) is 18.2 Å². The minimum absolute atomic E-state index is 0.0405. The van der Waals surface area contributed by atoms with Crippen molar-refractivity contribution >= 4 is 17.3 Å². The van der Waals surface area contributed by atoms with Crippen LogP contribution in [0.5, 0.6) is 23.0 Å². The van der Waals surface area contributed by atoms with Crippen LogP contribution in [-0.2, 0) is 4.79 Å². The van der Waals surface area contributed by atoms with Crippen LogP contribution in [0, 0.1) is 10.1 Å². The Kier molecular flexibility index (Phi) is 5.25. The van der Waals surface area contributed by atoms with E-state index in [1.807, 2.05) is 0 Å². The Labute approximate surface area is 161 Å². The largest absolute Gasteiger partial charge is 0.493 e. The van der Waals surface area contributed by atoms with E-state index in [2.05, 4.69) is 5.32 Å². The molecule has 0 radical (unpaired) electrons. The fraction of sp³-hybridized carbons (Fsp3) is 0.316. The molecule has 1 amide bonds. The van der Waals surface area contributed by atoms with Crippen molar-refractivity contribution in [3.05, 3.63) is 45.5 Å². The van der Waals surface area contributed by atoms with Crippen molar-refractivity contribution in [3.63, 3.8) is 0 Å². The summed E-state index contributed by atoms with van der Waals surface area (Å²) in [5, 5.41) is 14.5. The minimum atomic E-state index is -0.566. The van der Waals surface area contributed by atoms with Gasteiger partial charge in [-0.15, -0.1) is 0 Å². The molecule has 0 aromatic heterocycles. The highest BCUT2D eigenvalue weighted by atomic mass is 16.6. The molecule has 2 aromatic carbocycles. The second-order valence-corrected chi connectivity index (χ2v) is 6.12. The molecule has 0 fully saturated rings. The van der Waals surface area contributed by atoms with Gasteiger partial charge >= 0.3 is 0 Å². The average molecular weight is 388 g/mol. The van der Waals surface area contributed by atoms with Gasteiger partial charge in [-0.3, -0.25) is 14.9 Å². The van der Waals surface area contributed by atoms with Crippen molar-refractivity contribution in [2.45, 2.75) is 12.3 Å². The number of hydrogen-bond acceptors (Lipinski definition) is 7. The van der Waals surface area contributed by atoms with Crippen LogP contribution >= 0.6 is 0 Å². The third kappa shape index (κ3) is 3.26. The molecule has 0 spiro atoms. The number of benzene rings is 2. The maximum Gasteiger partial charge on any atom is 0.277 e. The Morgan fingerprint density at radius 1 is 0.893 bits per heavy atom. The number of rotatable bonds is 6. The molecule has 9 nitrogen and oxygen atoms in total. The number of amides is 1. The zero-order chi connectivity index (χ0) is 20.4. The minimum Gasteiger partial charge on any atom is -0.493 e. The molecular weight excluding hydrogens is 368 g/mol. The zero-order valence-corrected chi connectivity index (χ0v) is 15.9. The van der Waals surface area contributed by atoms with Gasteiger partial charge in [-0.1, -0.05) is 0 Å². The normalized spacial score (nSPS) is 15.3. The summed E-state index contributed by atoms with van der Waals surface area (Å²) in [5.41, 5.74) is 1.40. The summed E-state index contributed by atoms with van der Waals surface area (Å²) < 4.78 is 21.1. The quantitative estimate of drug-likeness (QED) is 0.598. The van der Waals surface area contributed by atoms with Crippen LogP contribution in [0.4, 0.5) is 11.4 Å². The lowest BCUT2D eigenvalue weighted by molar-refractivity contribution is -0.385. The average Bonchev–Trinajstić information content (AvgIpc) is 2.70. The highest BCUT2D eigenvalue weighted by molar-refractivity contribution is 5.96. The predicted molar refractivity (Wildman–Crippen MR) is 101 cm³/mol. The van der Waals surface area contributed by atoms with E-state index in [-0.39, 0.29) is 23.8 Å². The van der Waals surface area contributed by atoms with E-state index in [1.165, 1.54) is 34.5 Å². The first-order valence-electron chi connectivity index (χ1n) is 8.39. The number of hydrogen-bond donors (Lipinski definition) is 1. The number of nitro benzene ring substituents is 1. The van der Waals surface area contributed by atoms with Crippen LogP contribution < -0.4 is 24.3 Å². The molecule has 28 heavy (non-hydrogen) atoms. The molecule has 1 unspecified atom stereocenters. The van der Waals surface area contributed by atoms with Crippen LogP contribution in [0.15, 0.2) is 24.3 Å². The van der Waals surface area contributed by atoms with Crippen molar-refractivity contribution in [1.82, 2.24) is 0 Å². The molecule has 1 heterocycles. The van der Waals surface area contributed by atoms with Crippen molar-refractivity contribution in [2.75, 3.05) is 33.8 Å².